The average molecular weight is 403 g/mol. The predicted octanol–water partition coefficient (Wildman–Crippen LogP) is 3.15. The maximum Gasteiger partial charge on any atom is 0.270 e. The van der Waals surface area contributed by atoms with E-state index in [0.717, 1.165) is 0 Å². The monoisotopic (exact) mass is 401 g/mol. The first-order valence-corrected chi connectivity index (χ1v) is 7.66. The van der Waals surface area contributed by atoms with Gasteiger partial charge in [0.2, 0.25) is 0 Å². The number of rotatable bonds is 5. The lowest BCUT2D eigenvalue weighted by atomic mass is 10.1. The van der Waals surface area contributed by atoms with Crippen LogP contribution in [-0.4, -0.2) is 21.6 Å². The van der Waals surface area contributed by atoms with Crippen LogP contribution in [0.15, 0.2) is 29.4 Å². The number of benzene rings is 1. The molecule has 1 heterocycles. The molecule has 25 heavy (non-hydrogen) atoms. The molecular weight excluding hydrogens is 395 g/mol. The van der Waals surface area contributed by atoms with Crippen LogP contribution in [0, 0.1) is 10.1 Å². The minimum absolute atomic E-state index is 0.0766. The van der Waals surface area contributed by atoms with Crippen molar-refractivity contribution in [3.63, 3.8) is 0 Å². The fourth-order valence-corrected chi connectivity index (χ4v) is 2.46. The summed E-state index contributed by atoms with van der Waals surface area (Å²) in [7, 11) is 0. The smallest absolute Gasteiger partial charge is 0.270 e. The first-order valence-electron chi connectivity index (χ1n) is 6.53. The number of hydrogen-bond donors (Lipinski definition) is 1. The van der Waals surface area contributed by atoms with E-state index in [9.17, 15) is 20.0 Å². The number of anilines is 1. The van der Waals surface area contributed by atoms with E-state index < -0.39 is 16.6 Å². The van der Waals surface area contributed by atoms with E-state index in [-0.39, 0.29) is 26.6 Å². The Morgan fingerprint density at radius 3 is 2.56 bits per heavy atom. The summed E-state index contributed by atoms with van der Waals surface area (Å²) in [5, 5.41) is 25.1. The Kier molecular flexibility index (Phi) is 5.78. The van der Waals surface area contributed by atoms with Crippen LogP contribution in [0.1, 0.15) is 23.0 Å². The maximum atomic E-state index is 11.0. The zero-order valence-electron chi connectivity index (χ0n) is 12.4. The molecule has 0 spiro atoms. The zero-order valence-corrected chi connectivity index (χ0v) is 14.7. The summed E-state index contributed by atoms with van der Waals surface area (Å²) in [5.74, 6) is -1.63. The molecule has 0 radical (unpaired) electrons. The normalized spacial score (nSPS) is 11.3. The molecule has 0 saturated carbocycles. The summed E-state index contributed by atoms with van der Waals surface area (Å²) in [6.45, 7) is 1.58. The van der Waals surface area contributed by atoms with Gasteiger partial charge in [-0.1, -0.05) is 46.9 Å². The third-order valence-corrected chi connectivity index (χ3v) is 4.15. The number of nitrogens with zero attached hydrogens (tertiary/aromatic N) is 3. The van der Waals surface area contributed by atoms with Crippen LogP contribution in [0.2, 0.25) is 15.2 Å². The highest BCUT2D eigenvalue weighted by atomic mass is 35.5. The molecule has 1 aromatic heterocycles. The van der Waals surface area contributed by atoms with Gasteiger partial charge in [-0.15, -0.1) is 0 Å². The summed E-state index contributed by atoms with van der Waals surface area (Å²) in [5.41, 5.74) is 2.56. The van der Waals surface area contributed by atoms with E-state index in [2.05, 4.69) is 15.5 Å². The molecule has 11 heteroatoms. The van der Waals surface area contributed by atoms with Crippen LogP contribution in [0.3, 0.4) is 0 Å². The van der Waals surface area contributed by atoms with Crippen molar-refractivity contribution in [3.8, 4) is 0 Å². The van der Waals surface area contributed by atoms with E-state index in [1.54, 1.807) is 13.0 Å². The summed E-state index contributed by atoms with van der Waals surface area (Å²) in [6.07, 6.45) is 0. The van der Waals surface area contributed by atoms with Gasteiger partial charge in [-0.25, -0.2) is 4.98 Å². The number of nitrogens with one attached hydrogen (secondary N) is 1. The Balaban J connectivity index is 2.40. The molecule has 2 aromatic rings. The molecule has 0 unspecified atom stereocenters. The number of nitro benzene ring substituents is 1. The third kappa shape index (κ3) is 4.16. The van der Waals surface area contributed by atoms with Crippen LogP contribution in [0.25, 0.3) is 0 Å². The molecule has 8 nitrogen and oxygen atoms in total. The average Bonchev–Trinajstić information content (AvgIpc) is 2.57. The number of pyridine rings is 1. The molecular formula is C14H8Cl3N4O4-. The summed E-state index contributed by atoms with van der Waals surface area (Å²) in [4.78, 5) is 24.8. The first kappa shape index (κ1) is 18.9. The molecule has 0 fully saturated rings. The Morgan fingerprint density at radius 1 is 1.28 bits per heavy atom. The summed E-state index contributed by atoms with van der Waals surface area (Å²) < 4.78 is 0. The lowest BCUT2D eigenvalue weighted by molar-refractivity contribution is -0.384. The van der Waals surface area contributed by atoms with Gasteiger partial charge < -0.3 is 9.90 Å². The number of hydrogen-bond acceptors (Lipinski definition) is 7. The summed E-state index contributed by atoms with van der Waals surface area (Å²) >= 11 is 17.7. The summed E-state index contributed by atoms with van der Waals surface area (Å²) in [6, 6.07) is 5.79. The quantitative estimate of drug-likeness (QED) is 0.355. The van der Waals surface area contributed by atoms with Crippen molar-refractivity contribution in [2.75, 3.05) is 5.43 Å². The molecule has 2 rings (SSSR count). The highest BCUT2D eigenvalue weighted by Gasteiger charge is 2.17. The van der Waals surface area contributed by atoms with Crippen molar-refractivity contribution in [1.82, 2.24) is 4.98 Å². The van der Waals surface area contributed by atoms with E-state index in [1.807, 2.05) is 0 Å². The van der Waals surface area contributed by atoms with Gasteiger partial charge in [0.05, 0.1) is 27.3 Å². The minimum atomic E-state index is -1.63. The Morgan fingerprint density at radius 2 is 1.96 bits per heavy atom. The molecule has 0 saturated heterocycles. The van der Waals surface area contributed by atoms with Crippen molar-refractivity contribution in [3.05, 3.63) is 60.8 Å². The van der Waals surface area contributed by atoms with Gasteiger partial charge in [-0.3, -0.25) is 15.5 Å². The number of carboxylic acids is 1. The molecule has 0 aliphatic carbocycles. The number of nitro groups is 1. The number of halogens is 3. The van der Waals surface area contributed by atoms with Gasteiger partial charge >= 0.3 is 0 Å². The van der Waals surface area contributed by atoms with Gasteiger partial charge in [-0.2, -0.15) is 5.10 Å². The van der Waals surface area contributed by atoms with Crippen molar-refractivity contribution in [2.45, 2.75) is 6.92 Å². The molecule has 0 aliphatic rings. The van der Waals surface area contributed by atoms with Gasteiger partial charge in [0.15, 0.2) is 5.15 Å². The SMILES string of the molecule is C/C(=N/Nc1c(Cl)c(Cl)nc(C(=O)[O-])c1Cl)c1cccc([N+](=O)[O-])c1. The van der Waals surface area contributed by atoms with Crippen molar-refractivity contribution in [1.29, 1.82) is 0 Å². The molecule has 0 aliphatic heterocycles. The topological polar surface area (TPSA) is 121 Å². The van der Waals surface area contributed by atoms with E-state index in [0.29, 0.717) is 11.3 Å². The third-order valence-electron chi connectivity index (χ3n) is 3.04. The Labute approximate surface area is 156 Å². The molecule has 1 N–H and O–H groups in total. The Bertz CT molecular complexity index is 902. The standard InChI is InChI=1S/C14H9Cl3N4O4/c1-6(7-3-2-4-8(5-7)21(24)25)19-20-11-9(15)12(14(22)23)18-13(17)10(11)16/h2-5H,1H3,(H,18,20)(H,22,23)/p-1/b19-6-. The fourth-order valence-electron chi connectivity index (χ4n) is 1.80. The second kappa shape index (κ2) is 7.64. The van der Waals surface area contributed by atoms with Crippen LogP contribution in [0.4, 0.5) is 11.4 Å². The molecule has 1 aromatic carbocycles. The van der Waals surface area contributed by atoms with Crippen LogP contribution < -0.4 is 10.5 Å². The van der Waals surface area contributed by atoms with E-state index >= 15 is 0 Å². The van der Waals surface area contributed by atoms with Gasteiger partial charge in [0.1, 0.15) is 10.7 Å². The Hall–Kier alpha value is -2.42. The minimum Gasteiger partial charge on any atom is -0.543 e. The van der Waals surface area contributed by atoms with Crippen molar-refractivity contribution >= 4 is 57.9 Å². The van der Waals surface area contributed by atoms with Crippen molar-refractivity contribution < 1.29 is 14.8 Å². The first-order chi connectivity index (χ1) is 11.7. The number of aromatic carboxylic acids is 1. The predicted molar refractivity (Wildman–Crippen MR) is 92.5 cm³/mol. The largest absolute Gasteiger partial charge is 0.543 e. The molecule has 130 valence electrons. The highest BCUT2D eigenvalue weighted by Crippen LogP contribution is 2.36. The van der Waals surface area contributed by atoms with E-state index in [4.69, 9.17) is 34.8 Å². The van der Waals surface area contributed by atoms with Crippen LogP contribution in [0.5, 0.6) is 0 Å². The number of carbonyl (C=O) groups is 1. The second-order valence-electron chi connectivity index (χ2n) is 4.66. The number of carboxylic acid groups (broad SMARTS) is 1. The highest BCUT2D eigenvalue weighted by molar-refractivity contribution is 6.46. The fraction of sp³-hybridized carbons (Fsp3) is 0.0714. The zero-order chi connectivity index (χ0) is 18.7. The number of hydrazone groups is 1. The van der Waals surface area contributed by atoms with Gasteiger partial charge in [-0.05, 0) is 6.92 Å². The molecule has 0 bridgehead atoms. The van der Waals surface area contributed by atoms with Crippen LogP contribution >= 0.6 is 34.8 Å². The van der Waals surface area contributed by atoms with Gasteiger partial charge in [0, 0.05) is 17.7 Å². The lowest BCUT2D eigenvalue weighted by Gasteiger charge is -2.12. The number of aromatic nitrogens is 1. The lowest BCUT2D eigenvalue weighted by Crippen LogP contribution is -2.24. The van der Waals surface area contributed by atoms with Gasteiger partial charge in [0.25, 0.3) is 5.69 Å². The molecule has 0 atom stereocenters. The number of carbonyl (C=O) groups excluding carboxylic acids is 1. The van der Waals surface area contributed by atoms with Crippen LogP contribution in [-0.2, 0) is 0 Å². The number of non-ortho nitro benzene ring substituents is 1. The van der Waals surface area contributed by atoms with Crippen molar-refractivity contribution in [2.24, 2.45) is 5.10 Å². The second-order valence-corrected chi connectivity index (χ2v) is 5.77. The molecule has 0 amide bonds. The van der Waals surface area contributed by atoms with E-state index in [1.165, 1.54) is 18.2 Å². The maximum absolute atomic E-state index is 11.0.